The molecule has 2 nitrogen and oxygen atoms in total. The van der Waals surface area contributed by atoms with Crippen LogP contribution in [-0.2, 0) is 11.2 Å². The van der Waals surface area contributed by atoms with Gasteiger partial charge in [-0.15, -0.1) is 0 Å². The lowest BCUT2D eigenvalue weighted by atomic mass is 9.92. The Morgan fingerprint density at radius 1 is 1.05 bits per heavy atom. The number of aryl methyl sites for hydroxylation is 1. The first-order valence-electron chi connectivity index (χ1n) is 9.22. The van der Waals surface area contributed by atoms with Gasteiger partial charge in [0, 0.05) is 19.8 Å². The summed E-state index contributed by atoms with van der Waals surface area (Å²) in [7, 11) is 0. The molecule has 0 unspecified atom stereocenters. The topological polar surface area (TPSA) is 12.5 Å². The van der Waals surface area contributed by atoms with Gasteiger partial charge in [0.1, 0.15) is 0 Å². The summed E-state index contributed by atoms with van der Waals surface area (Å²) in [5, 5.41) is 0. The molecule has 1 aliphatic heterocycles. The largest absolute Gasteiger partial charge is 0.381 e. The third-order valence-corrected chi connectivity index (χ3v) is 4.76. The average molecular weight is 303 g/mol. The maximum atomic E-state index is 5.78. The van der Waals surface area contributed by atoms with E-state index in [-0.39, 0.29) is 0 Å². The number of hydrogen-bond acceptors (Lipinski definition) is 2. The summed E-state index contributed by atoms with van der Waals surface area (Å²) in [5.41, 5.74) is 1.42. The highest BCUT2D eigenvalue weighted by atomic mass is 16.5. The molecule has 0 amide bonds. The summed E-state index contributed by atoms with van der Waals surface area (Å²) < 4.78 is 5.78. The number of rotatable bonds is 10. The van der Waals surface area contributed by atoms with Crippen LogP contribution in [0.1, 0.15) is 51.0 Å². The summed E-state index contributed by atoms with van der Waals surface area (Å²) in [6.45, 7) is 7.95. The third-order valence-electron chi connectivity index (χ3n) is 4.76. The van der Waals surface area contributed by atoms with Crippen LogP contribution in [-0.4, -0.2) is 37.7 Å². The van der Waals surface area contributed by atoms with Crippen LogP contribution in [0.25, 0.3) is 0 Å². The number of nitrogens with zero attached hydrogens (tertiary/aromatic N) is 1. The lowest BCUT2D eigenvalue weighted by Gasteiger charge is -2.31. The van der Waals surface area contributed by atoms with Gasteiger partial charge in [-0.2, -0.15) is 0 Å². The van der Waals surface area contributed by atoms with Gasteiger partial charge in [0.15, 0.2) is 0 Å². The van der Waals surface area contributed by atoms with Crippen molar-refractivity contribution in [3.63, 3.8) is 0 Å². The SMILES string of the molecule is CCCC1CCN(CCCOCCCc2ccccc2)CC1. The summed E-state index contributed by atoms with van der Waals surface area (Å²) >= 11 is 0. The molecule has 0 bridgehead atoms. The van der Waals surface area contributed by atoms with Crippen LogP contribution in [0.5, 0.6) is 0 Å². The lowest BCUT2D eigenvalue weighted by molar-refractivity contribution is 0.109. The second-order valence-electron chi connectivity index (χ2n) is 6.63. The van der Waals surface area contributed by atoms with Crippen molar-refractivity contribution in [2.24, 2.45) is 5.92 Å². The molecule has 0 N–H and O–H groups in total. The quantitative estimate of drug-likeness (QED) is 0.588. The van der Waals surface area contributed by atoms with Gasteiger partial charge in [-0.05, 0) is 56.7 Å². The molecule has 0 radical (unpaired) electrons. The van der Waals surface area contributed by atoms with Gasteiger partial charge in [-0.25, -0.2) is 0 Å². The first kappa shape index (κ1) is 17.5. The van der Waals surface area contributed by atoms with Crippen LogP contribution < -0.4 is 0 Å². The molecule has 0 saturated carbocycles. The van der Waals surface area contributed by atoms with Crippen molar-refractivity contribution in [2.75, 3.05) is 32.8 Å². The average Bonchev–Trinajstić information content (AvgIpc) is 2.57. The van der Waals surface area contributed by atoms with E-state index in [1.165, 1.54) is 57.3 Å². The molecule has 1 aromatic rings. The second kappa shape index (κ2) is 10.8. The van der Waals surface area contributed by atoms with Crippen molar-refractivity contribution in [3.8, 4) is 0 Å². The molecule has 1 aliphatic rings. The molecule has 22 heavy (non-hydrogen) atoms. The van der Waals surface area contributed by atoms with Crippen LogP contribution in [0.15, 0.2) is 30.3 Å². The van der Waals surface area contributed by atoms with Gasteiger partial charge < -0.3 is 9.64 Å². The monoisotopic (exact) mass is 303 g/mol. The van der Waals surface area contributed by atoms with Crippen molar-refractivity contribution in [1.82, 2.24) is 4.90 Å². The molecule has 2 heteroatoms. The van der Waals surface area contributed by atoms with Gasteiger partial charge in [0.25, 0.3) is 0 Å². The Hall–Kier alpha value is -0.860. The van der Waals surface area contributed by atoms with E-state index >= 15 is 0 Å². The highest BCUT2D eigenvalue weighted by Gasteiger charge is 2.17. The van der Waals surface area contributed by atoms with Crippen LogP contribution in [0, 0.1) is 5.92 Å². The standard InChI is InChI=1S/C20H33NO/c1-2-8-19-12-15-21(16-13-19)14-7-18-22-17-6-11-20-9-4-3-5-10-20/h3-5,9-10,19H,2,6-8,11-18H2,1H3. The summed E-state index contributed by atoms with van der Waals surface area (Å²) in [5.74, 6) is 0.996. The molecule has 1 aromatic carbocycles. The molecule has 1 heterocycles. The molecule has 124 valence electrons. The summed E-state index contributed by atoms with van der Waals surface area (Å²) in [4.78, 5) is 2.62. The minimum Gasteiger partial charge on any atom is -0.381 e. The van der Waals surface area contributed by atoms with E-state index in [0.717, 1.165) is 32.0 Å². The maximum Gasteiger partial charge on any atom is 0.0478 e. The molecule has 1 fully saturated rings. The molecule has 1 saturated heterocycles. The molecule has 0 atom stereocenters. The zero-order valence-corrected chi connectivity index (χ0v) is 14.3. The van der Waals surface area contributed by atoms with E-state index in [1.807, 2.05) is 0 Å². The molecule has 2 rings (SSSR count). The third kappa shape index (κ3) is 6.93. The molecule has 0 aliphatic carbocycles. The highest BCUT2D eigenvalue weighted by Crippen LogP contribution is 2.21. The maximum absolute atomic E-state index is 5.78. The van der Waals surface area contributed by atoms with Crippen molar-refractivity contribution in [3.05, 3.63) is 35.9 Å². The summed E-state index contributed by atoms with van der Waals surface area (Å²) in [6.07, 6.45) is 9.04. The fourth-order valence-electron chi connectivity index (χ4n) is 3.42. The van der Waals surface area contributed by atoms with Crippen molar-refractivity contribution < 1.29 is 4.74 Å². The number of piperidine rings is 1. The van der Waals surface area contributed by atoms with Crippen molar-refractivity contribution in [2.45, 2.75) is 51.9 Å². The van der Waals surface area contributed by atoms with Crippen LogP contribution in [0.3, 0.4) is 0 Å². The first-order valence-corrected chi connectivity index (χ1v) is 9.22. The zero-order chi connectivity index (χ0) is 15.5. The lowest BCUT2D eigenvalue weighted by Crippen LogP contribution is -2.34. The number of ether oxygens (including phenoxy) is 1. The van der Waals surface area contributed by atoms with Gasteiger partial charge in [-0.3, -0.25) is 0 Å². The number of benzene rings is 1. The Balaban J connectivity index is 1.42. The number of likely N-dealkylation sites (tertiary alicyclic amines) is 1. The van der Waals surface area contributed by atoms with E-state index in [2.05, 4.69) is 42.2 Å². The predicted octanol–water partition coefficient (Wildman–Crippen LogP) is 4.54. The Bertz CT molecular complexity index is 371. The Morgan fingerprint density at radius 2 is 1.77 bits per heavy atom. The van der Waals surface area contributed by atoms with E-state index in [0.29, 0.717) is 0 Å². The van der Waals surface area contributed by atoms with Crippen molar-refractivity contribution in [1.29, 1.82) is 0 Å². The van der Waals surface area contributed by atoms with Gasteiger partial charge >= 0.3 is 0 Å². The highest BCUT2D eigenvalue weighted by molar-refractivity contribution is 5.14. The molecular formula is C20H33NO. The predicted molar refractivity (Wildman–Crippen MR) is 94.3 cm³/mol. The second-order valence-corrected chi connectivity index (χ2v) is 6.63. The number of hydrogen-bond donors (Lipinski definition) is 0. The van der Waals surface area contributed by atoms with E-state index in [1.54, 1.807) is 0 Å². The zero-order valence-electron chi connectivity index (χ0n) is 14.3. The normalized spacial score (nSPS) is 17.0. The van der Waals surface area contributed by atoms with Gasteiger partial charge in [0.05, 0.1) is 0 Å². The fraction of sp³-hybridized carbons (Fsp3) is 0.700. The van der Waals surface area contributed by atoms with E-state index in [4.69, 9.17) is 4.74 Å². The van der Waals surface area contributed by atoms with Crippen LogP contribution in [0.2, 0.25) is 0 Å². The Labute approximate surface area is 136 Å². The van der Waals surface area contributed by atoms with E-state index in [9.17, 15) is 0 Å². The molecule has 0 aromatic heterocycles. The van der Waals surface area contributed by atoms with Crippen LogP contribution >= 0.6 is 0 Å². The Kier molecular flexibility index (Phi) is 8.59. The van der Waals surface area contributed by atoms with Gasteiger partial charge in [-0.1, -0.05) is 50.1 Å². The van der Waals surface area contributed by atoms with Crippen LogP contribution in [0.4, 0.5) is 0 Å². The minimum absolute atomic E-state index is 0.896. The molecule has 0 spiro atoms. The summed E-state index contributed by atoms with van der Waals surface area (Å²) in [6, 6.07) is 10.7. The first-order chi connectivity index (χ1) is 10.9. The minimum atomic E-state index is 0.896. The van der Waals surface area contributed by atoms with Gasteiger partial charge in [0.2, 0.25) is 0 Å². The smallest absolute Gasteiger partial charge is 0.0478 e. The molecular weight excluding hydrogens is 270 g/mol. The fourth-order valence-corrected chi connectivity index (χ4v) is 3.42. The van der Waals surface area contributed by atoms with E-state index < -0.39 is 0 Å². The Morgan fingerprint density at radius 3 is 2.50 bits per heavy atom. The van der Waals surface area contributed by atoms with Crippen molar-refractivity contribution >= 4 is 0 Å².